The maximum atomic E-state index is 11.9. The van der Waals surface area contributed by atoms with Crippen LogP contribution in [0.25, 0.3) is 0 Å². The van der Waals surface area contributed by atoms with E-state index in [-0.39, 0.29) is 12.2 Å². The Hall–Kier alpha value is -1.84. The number of ether oxygens (including phenoxy) is 2. The van der Waals surface area contributed by atoms with Crippen LogP contribution in [0.15, 0.2) is 18.2 Å². The van der Waals surface area contributed by atoms with Gasteiger partial charge in [-0.05, 0) is 24.6 Å². The summed E-state index contributed by atoms with van der Waals surface area (Å²) in [6, 6.07) is 4.90. The number of carbonyl (C=O) groups excluding carboxylic acids is 2. The Morgan fingerprint density at radius 3 is 2.61 bits per heavy atom. The Balaban J connectivity index is 2.22. The number of Topliss-reactive ketones (excluding diaryl/α,β-unsaturated/α-hetero) is 2. The zero-order valence-corrected chi connectivity index (χ0v) is 10.4. The van der Waals surface area contributed by atoms with Gasteiger partial charge in [-0.2, -0.15) is 0 Å². The van der Waals surface area contributed by atoms with E-state index in [0.29, 0.717) is 36.7 Å². The molecule has 0 aliphatic carbocycles. The van der Waals surface area contributed by atoms with Crippen LogP contribution in [-0.2, 0) is 4.79 Å². The maximum Gasteiger partial charge on any atom is 0.228 e. The molecule has 0 bridgehead atoms. The monoisotopic (exact) mass is 248 g/mol. The minimum atomic E-state index is -0.451. The summed E-state index contributed by atoms with van der Waals surface area (Å²) in [6.45, 7) is 3.04. The van der Waals surface area contributed by atoms with Gasteiger partial charge in [0.1, 0.15) is 0 Å². The SMILES string of the molecule is CCCC(=O)C(=O)c1ccc2c(c1)OCCCO2. The molecule has 4 nitrogen and oxygen atoms in total. The lowest BCUT2D eigenvalue weighted by Gasteiger charge is -2.08. The van der Waals surface area contributed by atoms with Crippen molar-refractivity contribution in [3.8, 4) is 11.5 Å². The molecule has 2 rings (SSSR count). The van der Waals surface area contributed by atoms with Crippen molar-refractivity contribution in [1.82, 2.24) is 0 Å². The van der Waals surface area contributed by atoms with Crippen LogP contribution in [0.5, 0.6) is 11.5 Å². The van der Waals surface area contributed by atoms with Gasteiger partial charge in [0.05, 0.1) is 13.2 Å². The van der Waals surface area contributed by atoms with Crippen LogP contribution in [0, 0.1) is 0 Å². The molecule has 18 heavy (non-hydrogen) atoms. The second kappa shape index (κ2) is 5.67. The molecule has 0 unspecified atom stereocenters. The van der Waals surface area contributed by atoms with E-state index in [0.717, 1.165) is 6.42 Å². The van der Waals surface area contributed by atoms with Crippen LogP contribution in [0.4, 0.5) is 0 Å². The molecule has 0 saturated carbocycles. The summed E-state index contributed by atoms with van der Waals surface area (Å²) in [5, 5.41) is 0. The third-order valence-corrected chi connectivity index (χ3v) is 2.74. The number of hydrogen-bond acceptors (Lipinski definition) is 4. The summed E-state index contributed by atoms with van der Waals surface area (Å²) in [7, 11) is 0. The Bertz CT molecular complexity index is 465. The largest absolute Gasteiger partial charge is 0.490 e. The third kappa shape index (κ3) is 2.70. The fourth-order valence-electron chi connectivity index (χ4n) is 1.81. The molecule has 0 atom stereocenters. The number of rotatable bonds is 4. The van der Waals surface area contributed by atoms with Gasteiger partial charge < -0.3 is 9.47 Å². The minimum absolute atomic E-state index is 0.285. The molecule has 1 aromatic carbocycles. The molecule has 0 spiro atoms. The lowest BCUT2D eigenvalue weighted by molar-refractivity contribution is -0.115. The van der Waals surface area contributed by atoms with Crippen LogP contribution in [0.2, 0.25) is 0 Å². The van der Waals surface area contributed by atoms with Crippen molar-refractivity contribution in [1.29, 1.82) is 0 Å². The zero-order valence-electron chi connectivity index (χ0n) is 10.4. The van der Waals surface area contributed by atoms with Crippen LogP contribution >= 0.6 is 0 Å². The molecule has 0 amide bonds. The molecular weight excluding hydrogens is 232 g/mol. The van der Waals surface area contributed by atoms with Gasteiger partial charge in [-0.15, -0.1) is 0 Å². The lowest BCUT2D eigenvalue weighted by Crippen LogP contribution is -2.13. The first-order valence-electron chi connectivity index (χ1n) is 6.19. The van der Waals surface area contributed by atoms with Crippen molar-refractivity contribution < 1.29 is 19.1 Å². The lowest BCUT2D eigenvalue weighted by atomic mass is 10.0. The van der Waals surface area contributed by atoms with Gasteiger partial charge in [0.2, 0.25) is 11.6 Å². The first-order chi connectivity index (χ1) is 8.72. The van der Waals surface area contributed by atoms with Gasteiger partial charge in [-0.1, -0.05) is 6.92 Å². The van der Waals surface area contributed by atoms with Crippen LogP contribution in [-0.4, -0.2) is 24.8 Å². The highest BCUT2D eigenvalue weighted by Crippen LogP contribution is 2.30. The van der Waals surface area contributed by atoms with Gasteiger partial charge in [0, 0.05) is 18.4 Å². The second-order valence-electron chi connectivity index (χ2n) is 4.21. The summed E-state index contributed by atoms with van der Waals surface area (Å²) < 4.78 is 11.0. The van der Waals surface area contributed by atoms with E-state index >= 15 is 0 Å². The Morgan fingerprint density at radius 1 is 1.17 bits per heavy atom. The highest BCUT2D eigenvalue weighted by molar-refractivity contribution is 6.43. The molecule has 1 aromatic rings. The minimum Gasteiger partial charge on any atom is -0.490 e. The summed E-state index contributed by atoms with van der Waals surface area (Å²) in [5.74, 6) is 0.370. The van der Waals surface area contributed by atoms with E-state index in [9.17, 15) is 9.59 Å². The average Bonchev–Trinajstić information content (AvgIpc) is 2.62. The molecule has 0 radical (unpaired) electrons. The molecule has 1 aliphatic heterocycles. The second-order valence-corrected chi connectivity index (χ2v) is 4.21. The fourth-order valence-corrected chi connectivity index (χ4v) is 1.81. The highest BCUT2D eigenvalue weighted by Gasteiger charge is 2.18. The van der Waals surface area contributed by atoms with Crippen molar-refractivity contribution in [3.05, 3.63) is 23.8 Å². The van der Waals surface area contributed by atoms with Crippen LogP contribution in [0.3, 0.4) is 0 Å². The highest BCUT2D eigenvalue weighted by atomic mass is 16.5. The quantitative estimate of drug-likeness (QED) is 0.606. The summed E-state index contributed by atoms with van der Waals surface area (Å²) in [4.78, 5) is 23.4. The molecule has 4 heteroatoms. The zero-order chi connectivity index (χ0) is 13.0. The summed E-state index contributed by atoms with van der Waals surface area (Å²) in [6.07, 6.45) is 1.77. The van der Waals surface area contributed by atoms with Crippen molar-refractivity contribution in [2.75, 3.05) is 13.2 Å². The van der Waals surface area contributed by atoms with Gasteiger partial charge in [-0.3, -0.25) is 9.59 Å². The van der Waals surface area contributed by atoms with Crippen molar-refractivity contribution in [2.45, 2.75) is 26.2 Å². The molecule has 0 saturated heterocycles. The first kappa shape index (κ1) is 12.6. The van der Waals surface area contributed by atoms with Crippen molar-refractivity contribution in [2.24, 2.45) is 0 Å². The molecule has 1 aliphatic rings. The molecule has 0 aromatic heterocycles. The number of ketones is 2. The normalized spacial score (nSPS) is 13.8. The fraction of sp³-hybridized carbons (Fsp3) is 0.429. The summed E-state index contributed by atoms with van der Waals surface area (Å²) >= 11 is 0. The van der Waals surface area contributed by atoms with Crippen molar-refractivity contribution >= 4 is 11.6 Å². The molecule has 1 heterocycles. The standard InChI is InChI=1S/C14H16O4/c1-2-4-11(15)14(16)10-5-6-12-13(9-10)18-8-3-7-17-12/h5-6,9H,2-4,7-8H2,1H3. The van der Waals surface area contributed by atoms with Crippen LogP contribution in [0.1, 0.15) is 36.5 Å². The van der Waals surface area contributed by atoms with E-state index in [4.69, 9.17) is 9.47 Å². The van der Waals surface area contributed by atoms with Crippen molar-refractivity contribution in [3.63, 3.8) is 0 Å². The average molecular weight is 248 g/mol. The van der Waals surface area contributed by atoms with Gasteiger partial charge >= 0.3 is 0 Å². The third-order valence-electron chi connectivity index (χ3n) is 2.74. The Morgan fingerprint density at radius 2 is 1.89 bits per heavy atom. The predicted molar refractivity (Wildman–Crippen MR) is 66.3 cm³/mol. The molecule has 0 fully saturated rings. The topological polar surface area (TPSA) is 52.6 Å². The summed E-state index contributed by atoms with van der Waals surface area (Å²) in [5.41, 5.74) is 0.373. The molecular formula is C14H16O4. The van der Waals surface area contributed by atoms with E-state index in [1.54, 1.807) is 18.2 Å². The van der Waals surface area contributed by atoms with E-state index in [2.05, 4.69) is 0 Å². The van der Waals surface area contributed by atoms with E-state index in [1.807, 2.05) is 6.92 Å². The first-order valence-corrected chi connectivity index (χ1v) is 6.19. The number of hydrogen-bond donors (Lipinski definition) is 0. The smallest absolute Gasteiger partial charge is 0.228 e. The Labute approximate surface area is 106 Å². The van der Waals surface area contributed by atoms with E-state index < -0.39 is 5.78 Å². The van der Waals surface area contributed by atoms with E-state index in [1.165, 1.54) is 0 Å². The number of benzene rings is 1. The number of fused-ring (bicyclic) bond motifs is 1. The van der Waals surface area contributed by atoms with Gasteiger partial charge in [-0.25, -0.2) is 0 Å². The Kier molecular flexibility index (Phi) is 3.97. The molecule has 96 valence electrons. The maximum absolute atomic E-state index is 11.9. The predicted octanol–water partition coefficient (Wildman–Crippen LogP) is 2.40. The van der Waals surface area contributed by atoms with Gasteiger partial charge in [0.15, 0.2) is 11.5 Å². The number of carbonyl (C=O) groups is 2. The molecule has 0 N–H and O–H groups in total. The van der Waals surface area contributed by atoms with Crippen LogP contribution < -0.4 is 9.47 Å². The van der Waals surface area contributed by atoms with Gasteiger partial charge in [0.25, 0.3) is 0 Å².